The molecular formula is C11H14BrNO. The van der Waals surface area contributed by atoms with Gasteiger partial charge in [-0.3, -0.25) is 0 Å². The van der Waals surface area contributed by atoms with Gasteiger partial charge in [-0.2, -0.15) is 0 Å². The first-order valence-electron chi connectivity index (χ1n) is 4.85. The van der Waals surface area contributed by atoms with Crippen LogP contribution in [0.4, 0.5) is 0 Å². The van der Waals surface area contributed by atoms with Gasteiger partial charge in [0.2, 0.25) is 0 Å². The third-order valence-corrected chi connectivity index (χ3v) is 3.53. The summed E-state index contributed by atoms with van der Waals surface area (Å²) in [6.45, 7) is 2.29. The quantitative estimate of drug-likeness (QED) is 0.879. The standard InChI is InChI=1S/C11H14BrNO/c12-11-4-2-1-3-9(11)10-7-14-6-8(10)5-13/h1-4,8,10H,5-7,13H2. The second kappa shape index (κ2) is 4.43. The molecule has 2 unspecified atom stereocenters. The van der Waals surface area contributed by atoms with Crippen molar-refractivity contribution in [1.29, 1.82) is 0 Å². The maximum Gasteiger partial charge on any atom is 0.0539 e. The number of nitrogens with two attached hydrogens (primary N) is 1. The summed E-state index contributed by atoms with van der Waals surface area (Å²) in [4.78, 5) is 0. The van der Waals surface area contributed by atoms with Gasteiger partial charge in [-0.15, -0.1) is 0 Å². The smallest absolute Gasteiger partial charge is 0.0539 e. The number of halogens is 1. The first-order chi connectivity index (χ1) is 6.83. The summed E-state index contributed by atoms with van der Waals surface area (Å²) >= 11 is 3.57. The number of hydrogen-bond donors (Lipinski definition) is 1. The van der Waals surface area contributed by atoms with E-state index in [0.717, 1.165) is 17.7 Å². The zero-order valence-corrected chi connectivity index (χ0v) is 9.53. The summed E-state index contributed by atoms with van der Waals surface area (Å²) in [5.74, 6) is 0.921. The Morgan fingerprint density at radius 2 is 2.14 bits per heavy atom. The van der Waals surface area contributed by atoms with E-state index in [0.29, 0.717) is 18.4 Å². The molecule has 0 spiro atoms. The lowest BCUT2D eigenvalue weighted by molar-refractivity contribution is 0.185. The largest absolute Gasteiger partial charge is 0.380 e. The van der Waals surface area contributed by atoms with E-state index in [1.807, 2.05) is 6.07 Å². The van der Waals surface area contributed by atoms with Gasteiger partial charge >= 0.3 is 0 Å². The number of benzene rings is 1. The molecule has 3 heteroatoms. The molecule has 1 aromatic rings. The van der Waals surface area contributed by atoms with Crippen molar-refractivity contribution in [2.45, 2.75) is 5.92 Å². The molecule has 2 atom stereocenters. The highest BCUT2D eigenvalue weighted by Crippen LogP contribution is 2.34. The van der Waals surface area contributed by atoms with Gasteiger partial charge in [0.25, 0.3) is 0 Å². The summed E-state index contributed by atoms with van der Waals surface area (Å²) in [5.41, 5.74) is 7.04. The fourth-order valence-corrected chi connectivity index (χ4v) is 2.53. The number of rotatable bonds is 2. The van der Waals surface area contributed by atoms with Crippen molar-refractivity contribution in [3.8, 4) is 0 Å². The molecule has 0 saturated carbocycles. The van der Waals surface area contributed by atoms with Crippen LogP contribution < -0.4 is 5.73 Å². The molecule has 76 valence electrons. The predicted octanol–water partition coefficient (Wildman–Crippen LogP) is 2.14. The van der Waals surface area contributed by atoms with Crippen molar-refractivity contribution < 1.29 is 4.74 Å². The van der Waals surface area contributed by atoms with Crippen LogP contribution in [0.3, 0.4) is 0 Å². The fourth-order valence-electron chi connectivity index (χ4n) is 1.95. The molecule has 1 saturated heterocycles. The summed E-state index contributed by atoms with van der Waals surface area (Å²) in [5, 5.41) is 0. The lowest BCUT2D eigenvalue weighted by Gasteiger charge is -2.17. The maximum atomic E-state index is 5.72. The normalized spacial score (nSPS) is 26.7. The first-order valence-corrected chi connectivity index (χ1v) is 5.64. The van der Waals surface area contributed by atoms with Crippen LogP contribution in [-0.2, 0) is 4.74 Å². The molecule has 0 aromatic heterocycles. The van der Waals surface area contributed by atoms with E-state index in [4.69, 9.17) is 10.5 Å². The van der Waals surface area contributed by atoms with Gasteiger partial charge in [-0.1, -0.05) is 34.1 Å². The average molecular weight is 256 g/mol. The molecule has 0 bridgehead atoms. The Kier molecular flexibility index (Phi) is 3.21. The average Bonchev–Trinajstić information content (AvgIpc) is 2.66. The van der Waals surface area contributed by atoms with Crippen LogP contribution in [0.2, 0.25) is 0 Å². The topological polar surface area (TPSA) is 35.2 Å². The van der Waals surface area contributed by atoms with Crippen molar-refractivity contribution in [3.05, 3.63) is 34.3 Å². The molecule has 14 heavy (non-hydrogen) atoms. The second-order valence-corrected chi connectivity index (χ2v) is 4.52. The van der Waals surface area contributed by atoms with Gasteiger partial charge in [-0.25, -0.2) is 0 Å². The van der Waals surface area contributed by atoms with E-state index in [-0.39, 0.29) is 0 Å². The van der Waals surface area contributed by atoms with Crippen LogP contribution in [-0.4, -0.2) is 19.8 Å². The van der Waals surface area contributed by atoms with Crippen molar-refractivity contribution in [3.63, 3.8) is 0 Å². The second-order valence-electron chi connectivity index (χ2n) is 3.66. The Morgan fingerprint density at radius 1 is 1.36 bits per heavy atom. The van der Waals surface area contributed by atoms with E-state index >= 15 is 0 Å². The minimum Gasteiger partial charge on any atom is -0.380 e. The van der Waals surface area contributed by atoms with Crippen LogP contribution in [0.15, 0.2) is 28.7 Å². The van der Waals surface area contributed by atoms with Gasteiger partial charge in [0.05, 0.1) is 13.2 Å². The van der Waals surface area contributed by atoms with Gasteiger partial charge < -0.3 is 10.5 Å². The van der Waals surface area contributed by atoms with Gasteiger partial charge in [-0.05, 0) is 18.2 Å². The van der Waals surface area contributed by atoms with Crippen LogP contribution >= 0.6 is 15.9 Å². The lowest BCUT2D eigenvalue weighted by atomic mass is 9.89. The molecule has 2 rings (SSSR count). The minimum absolute atomic E-state index is 0.454. The molecule has 0 aliphatic carbocycles. The number of ether oxygens (including phenoxy) is 1. The summed E-state index contributed by atoms with van der Waals surface area (Å²) in [7, 11) is 0. The molecule has 1 aromatic carbocycles. The Hall–Kier alpha value is -0.380. The molecule has 1 aliphatic rings. The molecule has 1 aliphatic heterocycles. The highest BCUT2D eigenvalue weighted by Gasteiger charge is 2.29. The minimum atomic E-state index is 0.454. The molecular weight excluding hydrogens is 242 g/mol. The number of hydrogen-bond acceptors (Lipinski definition) is 2. The van der Waals surface area contributed by atoms with E-state index in [1.165, 1.54) is 5.56 Å². The van der Waals surface area contributed by atoms with Gasteiger partial charge in [0.1, 0.15) is 0 Å². The Balaban J connectivity index is 2.26. The Bertz CT molecular complexity index is 316. The zero-order valence-electron chi connectivity index (χ0n) is 7.95. The van der Waals surface area contributed by atoms with Crippen molar-refractivity contribution in [2.24, 2.45) is 11.7 Å². The highest BCUT2D eigenvalue weighted by atomic mass is 79.9. The molecule has 2 nitrogen and oxygen atoms in total. The fraction of sp³-hybridized carbons (Fsp3) is 0.455. The lowest BCUT2D eigenvalue weighted by Crippen LogP contribution is -2.20. The van der Waals surface area contributed by atoms with E-state index < -0.39 is 0 Å². The maximum absolute atomic E-state index is 5.72. The van der Waals surface area contributed by atoms with Crippen molar-refractivity contribution in [2.75, 3.05) is 19.8 Å². The highest BCUT2D eigenvalue weighted by molar-refractivity contribution is 9.10. The summed E-state index contributed by atoms with van der Waals surface area (Å²) in [6.07, 6.45) is 0. The van der Waals surface area contributed by atoms with E-state index in [1.54, 1.807) is 0 Å². The Morgan fingerprint density at radius 3 is 2.86 bits per heavy atom. The van der Waals surface area contributed by atoms with Crippen molar-refractivity contribution in [1.82, 2.24) is 0 Å². The van der Waals surface area contributed by atoms with Crippen LogP contribution in [0.1, 0.15) is 11.5 Å². The van der Waals surface area contributed by atoms with Crippen molar-refractivity contribution >= 4 is 15.9 Å². The molecule has 2 N–H and O–H groups in total. The summed E-state index contributed by atoms with van der Waals surface area (Å²) in [6, 6.07) is 8.31. The predicted molar refractivity (Wildman–Crippen MR) is 60.2 cm³/mol. The molecule has 0 radical (unpaired) electrons. The van der Waals surface area contributed by atoms with E-state index in [9.17, 15) is 0 Å². The molecule has 1 fully saturated rings. The first kappa shape index (κ1) is 10.1. The monoisotopic (exact) mass is 255 g/mol. The SMILES string of the molecule is NCC1COCC1c1ccccc1Br. The summed E-state index contributed by atoms with van der Waals surface area (Å²) < 4.78 is 6.63. The third kappa shape index (κ3) is 1.85. The van der Waals surface area contributed by atoms with Crippen LogP contribution in [0, 0.1) is 5.92 Å². The van der Waals surface area contributed by atoms with Crippen LogP contribution in [0.25, 0.3) is 0 Å². The Labute approximate surface area is 92.6 Å². The van der Waals surface area contributed by atoms with E-state index in [2.05, 4.69) is 34.1 Å². The molecule has 1 heterocycles. The third-order valence-electron chi connectivity index (χ3n) is 2.81. The van der Waals surface area contributed by atoms with Gasteiger partial charge in [0.15, 0.2) is 0 Å². The van der Waals surface area contributed by atoms with Gasteiger partial charge in [0, 0.05) is 16.3 Å². The van der Waals surface area contributed by atoms with Crippen LogP contribution in [0.5, 0.6) is 0 Å². The molecule has 0 amide bonds. The zero-order chi connectivity index (χ0) is 9.97.